The molecule has 1 aromatic heterocycles. The molecule has 1 atom stereocenters. The number of tetrazole rings is 1. The van der Waals surface area contributed by atoms with Gasteiger partial charge >= 0.3 is 18.1 Å². The third-order valence-electron chi connectivity index (χ3n) is 4.10. The van der Waals surface area contributed by atoms with Crippen LogP contribution in [0.15, 0.2) is 5.57 Å². The van der Waals surface area contributed by atoms with E-state index in [2.05, 4.69) is 20.4 Å². The van der Waals surface area contributed by atoms with Gasteiger partial charge in [-0.2, -0.15) is 13.2 Å². The molecule has 31 heavy (non-hydrogen) atoms. The molecule has 1 unspecified atom stereocenters. The van der Waals surface area contributed by atoms with Gasteiger partial charge in [-0.1, -0.05) is 11.8 Å². The van der Waals surface area contributed by atoms with Gasteiger partial charge in [0.15, 0.2) is 10.9 Å². The molecule has 0 N–H and O–H groups in total. The SMILES string of the molecule is CCOC(=O)CCCn1nnnc1/C=C1\CN(OC(=O)C(F)(F)F)CCC1SC(C)=O. The largest absolute Gasteiger partial charge is 0.492 e. The van der Waals surface area contributed by atoms with Gasteiger partial charge in [0.2, 0.25) is 0 Å². The number of piperidine rings is 1. The first-order valence-electron chi connectivity index (χ1n) is 9.43. The number of thioether (sulfide) groups is 1. The Hall–Kier alpha value is -2.48. The first kappa shape index (κ1) is 24.8. The number of hydrogen-bond acceptors (Lipinski definition) is 10. The molecule has 14 heteroatoms. The minimum atomic E-state index is -5.11. The van der Waals surface area contributed by atoms with Crippen LogP contribution in [0.4, 0.5) is 13.2 Å². The predicted octanol–water partition coefficient (Wildman–Crippen LogP) is 1.77. The van der Waals surface area contributed by atoms with E-state index in [1.807, 2.05) is 0 Å². The Morgan fingerprint density at radius 3 is 2.71 bits per heavy atom. The molecule has 2 heterocycles. The summed E-state index contributed by atoms with van der Waals surface area (Å²) in [6.07, 6.45) is -2.68. The third-order valence-corrected chi connectivity index (χ3v) is 5.25. The molecule has 2 rings (SSSR count). The van der Waals surface area contributed by atoms with Crippen molar-refractivity contribution < 1.29 is 37.1 Å². The molecule has 172 valence electrons. The molecule has 10 nitrogen and oxygen atoms in total. The van der Waals surface area contributed by atoms with Crippen LogP contribution < -0.4 is 0 Å². The number of esters is 1. The molecule has 1 aliphatic rings. The lowest BCUT2D eigenvalue weighted by molar-refractivity contribution is -0.238. The molecular formula is C17H22F3N5O5S. The molecular weight excluding hydrogens is 443 g/mol. The lowest BCUT2D eigenvalue weighted by Gasteiger charge is -2.32. The molecule has 1 aliphatic heterocycles. The lowest BCUT2D eigenvalue weighted by atomic mass is 10.1. The highest BCUT2D eigenvalue weighted by Crippen LogP contribution is 2.30. The van der Waals surface area contributed by atoms with Gasteiger partial charge < -0.3 is 9.57 Å². The zero-order valence-electron chi connectivity index (χ0n) is 16.9. The van der Waals surface area contributed by atoms with Crippen molar-refractivity contribution in [1.29, 1.82) is 0 Å². The second-order valence-electron chi connectivity index (χ2n) is 6.51. The molecule has 1 fully saturated rings. The third kappa shape index (κ3) is 7.94. The minimum absolute atomic E-state index is 0.0363. The molecule has 0 aliphatic carbocycles. The van der Waals surface area contributed by atoms with E-state index in [0.29, 0.717) is 24.4 Å². The molecule has 1 saturated heterocycles. The fourth-order valence-corrected chi connectivity index (χ4v) is 3.72. The van der Waals surface area contributed by atoms with Crippen LogP contribution >= 0.6 is 11.8 Å². The Morgan fingerprint density at radius 2 is 2.06 bits per heavy atom. The number of hydroxylamine groups is 2. The van der Waals surface area contributed by atoms with E-state index in [1.165, 1.54) is 11.6 Å². The van der Waals surface area contributed by atoms with Crippen LogP contribution in [-0.4, -0.2) is 73.4 Å². The number of aromatic nitrogens is 4. The van der Waals surface area contributed by atoms with Gasteiger partial charge in [0.1, 0.15) is 0 Å². The van der Waals surface area contributed by atoms with Gasteiger partial charge in [-0.25, -0.2) is 9.48 Å². The minimum Gasteiger partial charge on any atom is -0.466 e. The van der Waals surface area contributed by atoms with Crippen molar-refractivity contribution in [3.8, 4) is 0 Å². The Morgan fingerprint density at radius 1 is 1.32 bits per heavy atom. The van der Waals surface area contributed by atoms with Crippen molar-refractivity contribution >= 4 is 34.9 Å². The summed E-state index contributed by atoms with van der Waals surface area (Å²) in [7, 11) is 0. The number of hydrogen-bond donors (Lipinski definition) is 0. The topological polar surface area (TPSA) is 117 Å². The molecule has 0 saturated carbocycles. The number of carbonyl (C=O) groups excluding carboxylic acids is 3. The summed E-state index contributed by atoms with van der Waals surface area (Å²) in [4.78, 5) is 38.6. The molecule has 0 spiro atoms. The maximum atomic E-state index is 12.5. The van der Waals surface area contributed by atoms with Crippen LogP contribution in [0.3, 0.4) is 0 Å². The second-order valence-corrected chi connectivity index (χ2v) is 7.89. The standard InChI is InChI=1S/C17H22F3N5O5S/c1-3-29-15(27)5-4-7-25-14(21-22-23-25)9-12-10-24(30-16(28)17(18,19)20)8-6-13(12)31-11(2)26/h9,13H,3-8,10H2,1-2H3/b12-9+. The van der Waals surface area contributed by atoms with Gasteiger partial charge in [0, 0.05) is 31.7 Å². The molecule has 0 amide bonds. The maximum Gasteiger partial charge on any atom is 0.492 e. The Balaban J connectivity index is 2.13. The summed E-state index contributed by atoms with van der Waals surface area (Å²) in [6, 6.07) is 0. The number of ether oxygens (including phenoxy) is 1. The summed E-state index contributed by atoms with van der Waals surface area (Å²) in [5.74, 6) is -2.35. The summed E-state index contributed by atoms with van der Waals surface area (Å²) >= 11 is 1.03. The zero-order chi connectivity index (χ0) is 23.0. The maximum absolute atomic E-state index is 12.5. The first-order chi connectivity index (χ1) is 14.6. The van der Waals surface area contributed by atoms with Crippen molar-refractivity contribution in [3.05, 3.63) is 11.4 Å². The Kier molecular flexibility index (Phi) is 8.98. The van der Waals surface area contributed by atoms with E-state index in [0.717, 1.165) is 16.8 Å². The lowest BCUT2D eigenvalue weighted by Crippen LogP contribution is -2.41. The van der Waals surface area contributed by atoms with Crippen LogP contribution in [0.25, 0.3) is 6.08 Å². The Labute approximate surface area is 180 Å². The van der Waals surface area contributed by atoms with Crippen LogP contribution in [0.5, 0.6) is 0 Å². The quantitative estimate of drug-likeness (QED) is 0.526. The summed E-state index contributed by atoms with van der Waals surface area (Å²) < 4.78 is 43.8. The number of alkyl halides is 3. The predicted molar refractivity (Wildman–Crippen MR) is 102 cm³/mol. The highest BCUT2D eigenvalue weighted by molar-refractivity contribution is 8.14. The van der Waals surface area contributed by atoms with Crippen LogP contribution in [0.2, 0.25) is 0 Å². The average Bonchev–Trinajstić information content (AvgIpc) is 3.10. The second kappa shape index (κ2) is 11.2. The Bertz CT molecular complexity index is 829. The summed E-state index contributed by atoms with van der Waals surface area (Å²) in [5, 5.41) is 11.7. The highest BCUT2D eigenvalue weighted by Gasteiger charge is 2.43. The van der Waals surface area contributed by atoms with Crippen molar-refractivity contribution in [2.24, 2.45) is 0 Å². The average molecular weight is 465 g/mol. The van der Waals surface area contributed by atoms with Crippen molar-refractivity contribution in [2.75, 3.05) is 19.7 Å². The molecule has 0 bridgehead atoms. The van der Waals surface area contributed by atoms with Gasteiger partial charge in [0.05, 0.1) is 13.2 Å². The summed E-state index contributed by atoms with van der Waals surface area (Å²) in [6.45, 7) is 3.58. The van der Waals surface area contributed by atoms with E-state index in [1.54, 1.807) is 13.0 Å². The van der Waals surface area contributed by atoms with E-state index in [9.17, 15) is 27.6 Å². The number of carbonyl (C=O) groups is 3. The van der Waals surface area contributed by atoms with Gasteiger partial charge in [-0.15, -0.1) is 10.2 Å². The van der Waals surface area contributed by atoms with Crippen LogP contribution in [-0.2, 0) is 30.5 Å². The van der Waals surface area contributed by atoms with E-state index >= 15 is 0 Å². The molecule has 1 aromatic rings. The smallest absolute Gasteiger partial charge is 0.466 e. The van der Waals surface area contributed by atoms with Crippen molar-refractivity contribution in [1.82, 2.24) is 25.3 Å². The van der Waals surface area contributed by atoms with E-state index < -0.39 is 12.1 Å². The summed E-state index contributed by atoms with van der Waals surface area (Å²) in [5.41, 5.74) is 0.530. The fourth-order valence-electron chi connectivity index (χ4n) is 2.80. The number of aryl methyl sites for hydroxylation is 1. The van der Waals surface area contributed by atoms with Gasteiger partial charge in [-0.05, 0) is 41.8 Å². The van der Waals surface area contributed by atoms with E-state index in [-0.39, 0.29) is 48.9 Å². The number of halogens is 3. The van der Waals surface area contributed by atoms with E-state index in [4.69, 9.17) is 4.74 Å². The van der Waals surface area contributed by atoms with Crippen LogP contribution in [0, 0.1) is 0 Å². The normalized spacial score (nSPS) is 18.7. The number of nitrogens with zero attached hydrogens (tertiary/aromatic N) is 5. The van der Waals surface area contributed by atoms with Gasteiger partial charge in [0.25, 0.3) is 0 Å². The molecule has 0 aromatic carbocycles. The van der Waals surface area contributed by atoms with Crippen LogP contribution in [0.1, 0.15) is 38.9 Å². The van der Waals surface area contributed by atoms with Crippen molar-refractivity contribution in [2.45, 2.75) is 51.1 Å². The molecule has 0 radical (unpaired) electrons. The zero-order valence-corrected chi connectivity index (χ0v) is 17.7. The number of rotatable bonds is 8. The highest BCUT2D eigenvalue weighted by atomic mass is 32.2. The first-order valence-corrected chi connectivity index (χ1v) is 10.3. The monoisotopic (exact) mass is 465 g/mol. The van der Waals surface area contributed by atoms with Crippen molar-refractivity contribution in [3.63, 3.8) is 0 Å². The van der Waals surface area contributed by atoms with Gasteiger partial charge in [-0.3, -0.25) is 9.59 Å². The fraction of sp³-hybridized carbons (Fsp3) is 0.647.